The second kappa shape index (κ2) is 9.67. The quantitative estimate of drug-likeness (QED) is 0.376. The molecule has 2 aromatic carbocycles. The fraction of sp³-hybridized carbons (Fsp3) is 0.269. The molecule has 0 amide bonds. The van der Waals surface area contributed by atoms with Gasteiger partial charge in [-0.1, -0.05) is 6.07 Å². The van der Waals surface area contributed by atoms with Gasteiger partial charge in [-0.2, -0.15) is 4.36 Å². The Morgan fingerprint density at radius 3 is 2.77 bits per heavy atom. The maximum Gasteiger partial charge on any atom is 0.126 e. The predicted octanol–water partition coefficient (Wildman–Crippen LogP) is 5.02. The number of ether oxygens (including phenoxy) is 2. The van der Waals surface area contributed by atoms with Crippen LogP contribution >= 0.6 is 0 Å². The van der Waals surface area contributed by atoms with E-state index in [9.17, 15) is 8.60 Å². The number of aryl methyl sites for hydroxylation is 1. The Labute approximate surface area is 203 Å². The summed E-state index contributed by atoms with van der Waals surface area (Å²) >= 11 is 0. The predicted molar refractivity (Wildman–Crippen MR) is 132 cm³/mol. The van der Waals surface area contributed by atoms with Gasteiger partial charge in [-0.3, -0.25) is 4.98 Å². The Balaban J connectivity index is 1.52. The van der Waals surface area contributed by atoms with E-state index < -0.39 is 9.73 Å². The maximum absolute atomic E-state index is 14.0. The van der Waals surface area contributed by atoms with Gasteiger partial charge in [0, 0.05) is 48.5 Å². The fourth-order valence-electron chi connectivity index (χ4n) is 4.23. The highest BCUT2D eigenvalue weighted by Gasteiger charge is 2.20. The van der Waals surface area contributed by atoms with Gasteiger partial charge in [0.1, 0.15) is 24.0 Å². The molecule has 7 nitrogen and oxygen atoms in total. The van der Waals surface area contributed by atoms with Crippen molar-refractivity contribution in [1.82, 2.24) is 15.0 Å². The van der Waals surface area contributed by atoms with Gasteiger partial charge in [-0.25, -0.2) is 18.6 Å². The zero-order chi connectivity index (χ0) is 24.4. The lowest BCUT2D eigenvalue weighted by Gasteiger charge is -2.16. The Bertz CT molecular complexity index is 1500. The first-order chi connectivity index (χ1) is 16.9. The highest BCUT2D eigenvalue weighted by atomic mass is 32.2. The molecule has 0 spiro atoms. The molecule has 1 aliphatic rings. The van der Waals surface area contributed by atoms with Gasteiger partial charge < -0.3 is 9.47 Å². The van der Waals surface area contributed by atoms with E-state index in [4.69, 9.17) is 9.47 Å². The van der Waals surface area contributed by atoms with Crippen LogP contribution in [0.15, 0.2) is 70.4 Å². The molecule has 3 heterocycles. The molecule has 35 heavy (non-hydrogen) atoms. The second-order valence-corrected chi connectivity index (χ2v) is 10.8. The van der Waals surface area contributed by atoms with Gasteiger partial charge in [-0.05, 0) is 42.8 Å². The third kappa shape index (κ3) is 5.16. The van der Waals surface area contributed by atoms with Crippen molar-refractivity contribution in [2.24, 2.45) is 4.36 Å². The maximum atomic E-state index is 14.0. The van der Waals surface area contributed by atoms with Gasteiger partial charge >= 0.3 is 0 Å². The van der Waals surface area contributed by atoms with E-state index in [0.717, 1.165) is 28.6 Å². The first-order valence-corrected chi connectivity index (χ1v) is 13.2. The zero-order valence-electron chi connectivity index (χ0n) is 19.5. The molecule has 1 saturated heterocycles. The molecule has 1 unspecified atom stereocenters. The van der Waals surface area contributed by atoms with Crippen molar-refractivity contribution in [2.45, 2.75) is 30.8 Å². The molecular formula is C26H25FN4O3S. The Morgan fingerprint density at radius 2 is 2.00 bits per heavy atom. The summed E-state index contributed by atoms with van der Waals surface area (Å²) in [7, 11) is -2.65. The minimum absolute atomic E-state index is 0.0899. The molecule has 9 heteroatoms. The van der Waals surface area contributed by atoms with E-state index in [2.05, 4.69) is 19.3 Å². The van der Waals surface area contributed by atoms with Gasteiger partial charge in [0.25, 0.3) is 0 Å². The van der Waals surface area contributed by atoms with Gasteiger partial charge in [0.05, 0.1) is 44.7 Å². The van der Waals surface area contributed by atoms with Gasteiger partial charge in [0.15, 0.2) is 0 Å². The molecule has 0 aliphatic carbocycles. The van der Waals surface area contributed by atoms with E-state index in [1.165, 1.54) is 18.5 Å². The van der Waals surface area contributed by atoms with Crippen LogP contribution in [0.3, 0.4) is 0 Å². The van der Waals surface area contributed by atoms with E-state index in [-0.39, 0.29) is 11.9 Å². The van der Waals surface area contributed by atoms with Gasteiger partial charge in [0.2, 0.25) is 0 Å². The lowest BCUT2D eigenvalue weighted by Crippen LogP contribution is -2.17. The summed E-state index contributed by atoms with van der Waals surface area (Å²) in [6.45, 7) is 3.09. The van der Waals surface area contributed by atoms with Crippen molar-refractivity contribution in [3.8, 4) is 5.75 Å². The first kappa shape index (κ1) is 23.3. The molecule has 1 aliphatic heterocycles. The summed E-state index contributed by atoms with van der Waals surface area (Å²) in [6.07, 6.45) is 7.45. The number of pyridine rings is 1. The summed E-state index contributed by atoms with van der Waals surface area (Å²) in [5.41, 5.74) is 3.82. The van der Waals surface area contributed by atoms with Crippen LogP contribution in [0.1, 0.15) is 23.2 Å². The van der Waals surface area contributed by atoms with Crippen LogP contribution in [-0.4, -0.2) is 44.7 Å². The number of aromatic nitrogens is 3. The van der Waals surface area contributed by atoms with E-state index in [0.29, 0.717) is 41.5 Å². The average molecular weight is 493 g/mol. The van der Waals surface area contributed by atoms with Crippen LogP contribution in [0.4, 0.5) is 10.1 Å². The molecule has 5 rings (SSSR count). The summed E-state index contributed by atoms with van der Waals surface area (Å²) in [6, 6.07) is 11.7. The van der Waals surface area contributed by atoms with Crippen molar-refractivity contribution in [2.75, 3.05) is 19.5 Å². The molecule has 4 aromatic rings. The molecule has 1 fully saturated rings. The number of benzene rings is 2. The van der Waals surface area contributed by atoms with Crippen LogP contribution in [-0.2, 0) is 20.9 Å². The fourth-order valence-corrected chi connectivity index (χ4v) is 5.47. The largest absolute Gasteiger partial charge is 0.488 e. The number of hydrogen-bond donors (Lipinski definition) is 0. The minimum Gasteiger partial charge on any atom is -0.488 e. The number of halogens is 1. The highest BCUT2D eigenvalue weighted by molar-refractivity contribution is 7.93. The standard InChI is InChI=1S/C26H25FN4O3S/c1-17-11-20(31-35(2,32)22-5-8-28-9-6-22)14-24-26(17)23(29-16-30-24)12-18-3-4-19(27)13-25(18)34-21-7-10-33-15-21/h3-6,8-9,11,13-14,16,21H,7,10,12,15H2,1-2H3/t21-,35?/m0/s1. The van der Waals surface area contributed by atoms with Crippen molar-refractivity contribution in [3.05, 3.63) is 83.8 Å². The summed E-state index contributed by atoms with van der Waals surface area (Å²) in [5.74, 6) is 0.148. The highest BCUT2D eigenvalue weighted by Crippen LogP contribution is 2.31. The molecule has 180 valence electrons. The van der Waals surface area contributed by atoms with E-state index in [1.54, 1.807) is 36.8 Å². The van der Waals surface area contributed by atoms with Crippen molar-refractivity contribution >= 4 is 26.3 Å². The van der Waals surface area contributed by atoms with Crippen LogP contribution < -0.4 is 4.74 Å². The van der Waals surface area contributed by atoms with Crippen LogP contribution in [0.5, 0.6) is 5.75 Å². The summed E-state index contributed by atoms with van der Waals surface area (Å²) in [5, 5.41) is 0.887. The third-order valence-electron chi connectivity index (χ3n) is 5.93. The van der Waals surface area contributed by atoms with E-state index >= 15 is 0 Å². The van der Waals surface area contributed by atoms with Gasteiger partial charge in [-0.15, -0.1) is 0 Å². The Hall–Kier alpha value is -3.43. The molecule has 0 radical (unpaired) electrons. The van der Waals surface area contributed by atoms with Crippen molar-refractivity contribution in [3.63, 3.8) is 0 Å². The molecule has 2 atom stereocenters. The second-order valence-electron chi connectivity index (χ2n) is 8.59. The number of hydrogen-bond acceptors (Lipinski definition) is 7. The van der Waals surface area contributed by atoms with Crippen LogP contribution in [0.2, 0.25) is 0 Å². The number of rotatable bonds is 6. The first-order valence-electron chi connectivity index (χ1n) is 11.3. The van der Waals surface area contributed by atoms with E-state index in [1.807, 2.05) is 19.1 Å². The number of fused-ring (bicyclic) bond motifs is 1. The molecule has 0 bridgehead atoms. The minimum atomic E-state index is -2.65. The number of nitrogens with zero attached hydrogens (tertiary/aromatic N) is 4. The Morgan fingerprint density at radius 1 is 1.17 bits per heavy atom. The van der Waals surface area contributed by atoms with Crippen molar-refractivity contribution in [1.29, 1.82) is 0 Å². The zero-order valence-corrected chi connectivity index (χ0v) is 20.3. The lowest BCUT2D eigenvalue weighted by atomic mass is 10.0. The Kier molecular flexibility index (Phi) is 6.44. The topological polar surface area (TPSA) is 86.6 Å². The lowest BCUT2D eigenvalue weighted by molar-refractivity contribution is 0.140. The van der Waals surface area contributed by atoms with Crippen LogP contribution in [0.25, 0.3) is 10.9 Å². The smallest absolute Gasteiger partial charge is 0.126 e. The summed E-state index contributed by atoms with van der Waals surface area (Å²) in [4.78, 5) is 13.6. The molecular weight excluding hydrogens is 467 g/mol. The van der Waals surface area contributed by atoms with Crippen LogP contribution in [0, 0.1) is 12.7 Å². The molecule has 0 saturated carbocycles. The SMILES string of the molecule is Cc1cc(N=S(C)(=O)c2ccncc2)cc2ncnc(Cc3ccc(F)cc3O[C@H]3CCOC3)c12. The molecule has 2 aromatic heterocycles. The summed E-state index contributed by atoms with van der Waals surface area (Å²) < 4.78 is 43.2. The van der Waals surface area contributed by atoms with Crippen molar-refractivity contribution < 1.29 is 18.1 Å². The normalized spacial score (nSPS) is 17.3. The third-order valence-corrected chi connectivity index (χ3v) is 7.64. The average Bonchev–Trinajstić information content (AvgIpc) is 3.34. The monoisotopic (exact) mass is 492 g/mol. The molecule has 0 N–H and O–H groups in total.